The Morgan fingerprint density at radius 1 is 1.17 bits per heavy atom. The van der Waals surface area contributed by atoms with Gasteiger partial charge in [-0.2, -0.15) is 0 Å². The molecule has 0 bridgehead atoms. The third-order valence-corrected chi connectivity index (χ3v) is 1.94. The largest absolute Gasteiger partial charge is 0.459 e. The zero-order valence-corrected chi connectivity index (χ0v) is 12.2. The minimum Gasteiger partial charge on any atom is -0.459 e. The number of nitrogens with zero attached hydrogens (tertiary/aromatic N) is 2. The van der Waals surface area contributed by atoms with Gasteiger partial charge in [0.15, 0.2) is 0 Å². The summed E-state index contributed by atoms with van der Waals surface area (Å²) in [6.45, 7) is 6.23. The summed E-state index contributed by atoms with van der Waals surface area (Å²) in [5.74, 6) is -0.335. The Labute approximate surface area is 109 Å². The van der Waals surface area contributed by atoms with Crippen LogP contribution in [0.1, 0.15) is 20.8 Å². The standard InChI is InChI=1S/C13H24N2O3/c1-13(2,3)18-12(17)10-15(6)9-7-8-11(16)14(4)5/h7-8H,9-10H2,1-6H3/b8-7+. The number of rotatable bonds is 5. The fraction of sp³-hybridized carbons (Fsp3) is 0.692. The average Bonchev–Trinajstić information content (AvgIpc) is 2.13. The van der Waals surface area contributed by atoms with Crippen LogP contribution >= 0.6 is 0 Å². The Balaban J connectivity index is 4.02. The summed E-state index contributed by atoms with van der Waals surface area (Å²) in [5.41, 5.74) is -0.464. The molecule has 0 aliphatic carbocycles. The number of carbonyl (C=O) groups is 2. The molecule has 0 unspecified atom stereocenters. The Bertz CT molecular complexity index is 317. The fourth-order valence-electron chi connectivity index (χ4n) is 1.14. The lowest BCUT2D eigenvalue weighted by atomic mass is 10.2. The van der Waals surface area contributed by atoms with Gasteiger partial charge in [0.2, 0.25) is 5.91 Å². The van der Waals surface area contributed by atoms with Gasteiger partial charge in [0.1, 0.15) is 5.60 Å². The molecule has 5 heteroatoms. The minimum absolute atomic E-state index is 0.0688. The van der Waals surface area contributed by atoms with Gasteiger partial charge < -0.3 is 9.64 Å². The lowest BCUT2D eigenvalue weighted by molar-refractivity contribution is -0.155. The van der Waals surface area contributed by atoms with Crippen LogP contribution in [0.25, 0.3) is 0 Å². The molecule has 0 atom stereocenters. The van der Waals surface area contributed by atoms with E-state index in [0.717, 1.165) is 0 Å². The molecule has 0 heterocycles. The highest BCUT2D eigenvalue weighted by atomic mass is 16.6. The topological polar surface area (TPSA) is 49.9 Å². The highest BCUT2D eigenvalue weighted by Crippen LogP contribution is 2.06. The molecule has 0 aliphatic heterocycles. The Hall–Kier alpha value is -1.36. The van der Waals surface area contributed by atoms with Crippen LogP contribution in [0, 0.1) is 0 Å². The predicted octanol–water partition coefficient (Wildman–Crippen LogP) is 0.904. The summed E-state index contributed by atoms with van der Waals surface area (Å²) in [5, 5.41) is 0. The van der Waals surface area contributed by atoms with Crippen LogP contribution in [0.2, 0.25) is 0 Å². The third-order valence-electron chi connectivity index (χ3n) is 1.94. The molecule has 0 radical (unpaired) electrons. The predicted molar refractivity (Wildman–Crippen MR) is 71.2 cm³/mol. The number of hydrogen-bond donors (Lipinski definition) is 0. The third kappa shape index (κ3) is 8.75. The van der Waals surface area contributed by atoms with E-state index in [9.17, 15) is 9.59 Å². The minimum atomic E-state index is -0.464. The summed E-state index contributed by atoms with van der Waals surface area (Å²) in [7, 11) is 5.18. The van der Waals surface area contributed by atoms with Crippen LogP contribution in [0.15, 0.2) is 12.2 Å². The van der Waals surface area contributed by atoms with Crippen molar-refractivity contribution in [3.8, 4) is 0 Å². The Morgan fingerprint density at radius 3 is 2.17 bits per heavy atom. The second-order valence-electron chi connectivity index (χ2n) is 5.42. The highest BCUT2D eigenvalue weighted by Gasteiger charge is 2.16. The van der Waals surface area contributed by atoms with Gasteiger partial charge in [0.25, 0.3) is 0 Å². The van der Waals surface area contributed by atoms with Crippen LogP contribution in [0.3, 0.4) is 0 Å². The molecule has 0 fully saturated rings. The van der Waals surface area contributed by atoms with Crippen molar-refractivity contribution < 1.29 is 14.3 Å². The molecule has 18 heavy (non-hydrogen) atoms. The second kappa shape index (κ2) is 7.16. The van der Waals surface area contributed by atoms with Crippen molar-refractivity contribution in [2.45, 2.75) is 26.4 Å². The number of hydrogen-bond acceptors (Lipinski definition) is 4. The van der Waals surface area contributed by atoms with Crippen molar-refractivity contribution in [2.75, 3.05) is 34.2 Å². The first kappa shape index (κ1) is 16.6. The van der Waals surface area contributed by atoms with E-state index in [1.165, 1.54) is 11.0 Å². The van der Waals surface area contributed by atoms with E-state index in [1.807, 2.05) is 20.8 Å². The average molecular weight is 256 g/mol. The zero-order valence-electron chi connectivity index (χ0n) is 12.2. The summed E-state index contributed by atoms with van der Waals surface area (Å²) in [4.78, 5) is 26.1. The van der Waals surface area contributed by atoms with E-state index < -0.39 is 5.60 Å². The van der Waals surface area contributed by atoms with E-state index in [1.54, 1.807) is 32.1 Å². The van der Waals surface area contributed by atoms with E-state index in [4.69, 9.17) is 4.74 Å². The number of amides is 1. The number of likely N-dealkylation sites (N-methyl/N-ethyl adjacent to an activating group) is 2. The molecular formula is C13H24N2O3. The molecule has 5 nitrogen and oxygen atoms in total. The molecule has 0 N–H and O–H groups in total. The Kier molecular flexibility index (Phi) is 6.62. The molecule has 104 valence electrons. The van der Waals surface area contributed by atoms with E-state index in [0.29, 0.717) is 6.54 Å². The van der Waals surface area contributed by atoms with Gasteiger partial charge in [0.05, 0.1) is 6.54 Å². The van der Waals surface area contributed by atoms with Crippen LogP contribution in [-0.4, -0.2) is 61.5 Å². The first-order valence-electron chi connectivity index (χ1n) is 5.90. The van der Waals surface area contributed by atoms with Crippen LogP contribution < -0.4 is 0 Å². The number of esters is 1. The SMILES string of the molecule is CN(C/C=C/C(=O)N(C)C)CC(=O)OC(C)(C)C. The molecule has 0 aromatic carbocycles. The van der Waals surface area contributed by atoms with Gasteiger partial charge in [-0.15, -0.1) is 0 Å². The van der Waals surface area contributed by atoms with Crippen molar-refractivity contribution in [2.24, 2.45) is 0 Å². The van der Waals surface area contributed by atoms with Gasteiger partial charge in [-0.05, 0) is 27.8 Å². The maximum atomic E-state index is 11.5. The lowest BCUT2D eigenvalue weighted by Gasteiger charge is -2.21. The normalized spacial score (nSPS) is 11.9. The summed E-state index contributed by atoms with van der Waals surface area (Å²) >= 11 is 0. The van der Waals surface area contributed by atoms with Crippen LogP contribution in [0.4, 0.5) is 0 Å². The van der Waals surface area contributed by atoms with Crippen LogP contribution in [0.5, 0.6) is 0 Å². The molecule has 0 spiro atoms. The molecule has 0 rings (SSSR count). The molecular weight excluding hydrogens is 232 g/mol. The first-order valence-corrected chi connectivity index (χ1v) is 5.90. The molecule has 0 saturated heterocycles. The molecule has 0 aromatic rings. The van der Waals surface area contributed by atoms with Crippen molar-refractivity contribution >= 4 is 11.9 Å². The van der Waals surface area contributed by atoms with Gasteiger partial charge in [0, 0.05) is 26.7 Å². The Morgan fingerprint density at radius 2 is 1.72 bits per heavy atom. The van der Waals surface area contributed by atoms with Crippen molar-refractivity contribution in [1.82, 2.24) is 9.80 Å². The van der Waals surface area contributed by atoms with E-state index in [-0.39, 0.29) is 18.4 Å². The highest BCUT2D eigenvalue weighted by molar-refractivity contribution is 5.87. The number of carbonyl (C=O) groups excluding carboxylic acids is 2. The zero-order chi connectivity index (χ0) is 14.3. The lowest BCUT2D eigenvalue weighted by Crippen LogP contribution is -2.33. The van der Waals surface area contributed by atoms with E-state index in [2.05, 4.69) is 0 Å². The smallest absolute Gasteiger partial charge is 0.320 e. The maximum Gasteiger partial charge on any atom is 0.320 e. The van der Waals surface area contributed by atoms with Crippen LogP contribution in [-0.2, 0) is 14.3 Å². The first-order chi connectivity index (χ1) is 8.11. The summed E-state index contributed by atoms with van der Waals surface area (Å²) < 4.78 is 5.19. The van der Waals surface area contributed by atoms with Gasteiger partial charge in [-0.25, -0.2) is 0 Å². The molecule has 0 aromatic heterocycles. The van der Waals surface area contributed by atoms with Crippen molar-refractivity contribution in [3.05, 3.63) is 12.2 Å². The van der Waals surface area contributed by atoms with Crippen molar-refractivity contribution in [1.29, 1.82) is 0 Å². The second-order valence-corrected chi connectivity index (χ2v) is 5.42. The monoisotopic (exact) mass is 256 g/mol. The molecule has 0 aliphatic rings. The van der Waals surface area contributed by atoms with Gasteiger partial charge >= 0.3 is 5.97 Å². The van der Waals surface area contributed by atoms with E-state index >= 15 is 0 Å². The van der Waals surface area contributed by atoms with Gasteiger partial charge in [-0.1, -0.05) is 6.08 Å². The van der Waals surface area contributed by atoms with Crippen molar-refractivity contribution in [3.63, 3.8) is 0 Å². The number of ether oxygens (including phenoxy) is 1. The fourth-order valence-corrected chi connectivity index (χ4v) is 1.14. The molecule has 0 saturated carbocycles. The summed E-state index contributed by atoms with van der Waals surface area (Å²) in [6, 6.07) is 0. The summed E-state index contributed by atoms with van der Waals surface area (Å²) in [6.07, 6.45) is 3.22. The van der Waals surface area contributed by atoms with Gasteiger partial charge in [-0.3, -0.25) is 14.5 Å². The molecule has 1 amide bonds. The quantitative estimate of drug-likeness (QED) is 0.542. The maximum absolute atomic E-state index is 11.5.